The van der Waals surface area contributed by atoms with Crippen LogP contribution in [0.4, 0.5) is 5.69 Å². The minimum atomic E-state index is -3.92. The molecule has 9 nitrogen and oxygen atoms in total. The van der Waals surface area contributed by atoms with Crippen molar-refractivity contribution in [3.05, 3.63) is 48.7 Å². The molecule has 0 bridgehead atoms. The topological polar surface area (TPSA) is 92.3 Å². The first kappa shape index (κ1) is 48.1. The molecule has 0 unspecified atom stereocenters. The van der Waals surface area contributed by atoms with Crippen molar-refractivity contribution in [2.75, 3.05) is 76.7 Å². The molecule has 0 radical (unpaired) electrons. The lowest BCUT2D eigenvalue weighted by Crippen LogP contribution is -2.55. The van der Waals surface area contributed by atoms with Crippen LogP contribution in [-0.4, -0.2) is 117 Å². The van der Waals surface area contributed by atoms with Crippen LogP contribution in [0.5, 0.6) is 5.75 Å². The molecule has 4 heterocycles. The predicted molar refractivity (Wildman–Crippen MR) is 255 cm³/mol. The largest absolute Gasteiger partial charge is 0.612 e. The summed E-state index contributed by atoms with van der Waals surface area (Å²) in [6.07, 6.45) is 29.0. The molecule has 61 heavy (non-hydrogen) atoms. The summed E-state index contributed by atoms with van der Waals surface area (Å²) >= 11 is -1.21. The van der Waals surface area contributed by atoms with Crippen molar-refractivity contribution in [1.82, 2.24) is 19.7 Å². The van der Waals surface area contributed by atoms with Gasteiger partial charge in [-0.3, -0.25) is 9.88 Å². The van der Waals surface area contributed by atoms with E-state index in [1.807, 2.05) is 18.2 Å². The molecule has 3 aromatic rings. The minimum Gasteiger partial charge on any atom is -0.612 e. The summed E-state index contributed by atoms with van der Waals surface area (Å²) in [5.74, 6) is 0.692. The van der Waals surface area contributed by atoms with Crippen molar-refractivity contribution in [3.8, 4) is 5.75 Å². The fourth-order valence-corrected chi connectivity index (χ4v) is 12.0. The Morgan fingerprint density at radius 3 is 1.74 bits per heavy atom. The third kappa shape index (κ3) is 14.0. The first-order valence-electron chi connectivity index (χ1n) is 24.5. The van der Waals surface area contributed by atoms with E-state index in [0.717, 1.165) is 63.8 Å². The van der Waals surface area contributed by atoms with E-state index in [0.29, 0.717) is 40.5 Å². The van der Waals surface area contributed by atoms with E-state index in [2.05, 4.69) is 38.4 Å². The highest BCUT2D eigenvalue weighted by atomic mass is 32.2. The monoisotopic (exact) mass is 878 g/mol. The summed E-state index contributed by atoms with van der Waals surface area (Å²) in [6.45, 7) is 14.9. The molecule has 3 aliphatic heterocycles. The predicted octanol–water partition coefficient (Wildman–Crippen LogP) is 10.5. The molecule has 0 aliphatic carbocycles. The molecule has 3 saturated heterocycles. The van der Waals surface area contributed by atoms with E-state index in [4.69, 9.17) is 4.74 Å². The lowest BCUT2D eigenvalue weighted by atomic mass is 9.96. The van der Waals surface area contributed by atoms with Crippen LogP contribution in [0, 0.1) is 0 Å². The Kier molecular flexibility index (Phi) is 19.8. The number of sulfone groups is 1. The Labute approximate surface area is 373 Å². The van der Waals surface area contributed by atoms with Gasteiger partial charge in [-0.2, -0.15) is 0 Å². The average Bonchev–Trinajstić information content (AvgIpc) is 3.29. The first-order valence-corrected chi connectivity index (χ1v) is 27.5. The number of piperazine rings is 1. The summed E-state index contributed by atoms with van der Waals surface area (Å²) in [7, 11) is -3.92. The molecule has 340 valence electrons. The van der Waals surface area contributed by atoms with Gasteiger partial charge >= 0.3 is 0 Å². The number of hydrogen-bond donors (Lipinski definition) is 0. The lowest BCUT2D eigenvalue weighted by molar-refractivity contribution is 0.0449. The molecule has 6 rings (SSSR count). The summed E-state index contributed by atoms with van der Waals surface area (Å²) in [5, 5.41) is 0.745. The van der Waals surface area contributed by atoms with Crippen LogP contribution < -0.4 is 9.64 Å². The minimum absolute atomic E-state index is 0.211. The Morgan fingerprint density at radius 1 is 0.672 bits per heavy atom. The number of likely N-dealkylation sites (tertiary alicyclic amines) is 1. The van der Waals surface area contributed by atoms with Crippen molar-refractivity contribution >= 4 is 37.6 Å². The molecule has 3 fully saturated rings. The number of likely N-dealkylation sites (N-methyl/N-ethyl adjacent to an activating group) is 1. The Balaban J connectivity index is 0.979. The quantitative estimate of drug-likeness (QED) is 0.0609. The fraction of sp³-hybridized carbons (Fsp3) is 0.700. The van der Waals surface area contributed by atoms with Crippen molar-refractivity contribution in [2.24, 2.45) is 0 Å². The summed E-state index contributed by atoms with van der Waals surface area (Å²) < 4.78 is 47.8. The molecule has 1 atom stereocenters. The van der Waals surface area contributed by atoms with Gasteiger partial charge in [0.05, 0.1) is 22.7 Å². The zero-order valence-corrected chi connectivity index (χ0v) is 39.8. The van der Waals surface area contributed by atoms with Gasteiger partial charge in [-0.15, -0.1) is 0 Å². The number of hydrogen-bond acceptors (Lipinski definition) is 9. The number of anilines is 1. The summed E-state index contributed by atoms with van der Waals surface area (Å²) in [4.78, 5) is 16.0. The molecule has 0 spiro atoms. The number of benzene rings is 2. The van der Waals surface area contributed by atoms with Crippen LogP contribution in [0.15, 0.2) is 63.3 Å². The molecule has 11 heteroatoms. The SMILES string of the molecule is CCCCCCCCCCCCCCCCCCOc1ccc(S(=O)(=O)c2cnc3ccc([S@@+](C)[O-])cc3c2N2CCC(N3CCC(N4CCN(CC)CC4)CC3)CC2)cc1. The normalized spacial score (nSPS) is 18.6. The average molecular weight is 878 g/mol. The highest BCUT2D eigenvalue weighted by molar-refractivity contribution is 7.91. The van der Waals surface area contributed by atoms with Crippen molar-refractivity contribution in [2.45, 2.75) is 169 Å². The van der Waals surface area contributed by atoms with E-state index in [9.17, 15) is 13.0 Å². The summed E-state index contributed by atoms with van der Waals surface area (Å²) in [5.41, 5.74) is 1.40. The maximum absolute atomic E-state index is 14.5. The second-order valence-electron chi connectivity index (χ2n) is 18.2. The van der Waals surface area contributed by atoms with Crippen LogP contribution in [-0.2, 0) is 21.0 Å². The zero-order chi connectivity index (χ0) is 42.9. The smallest absolute Gasteiger partial charge is 0.210 e. The van der Waals surface area contributed by atoms with Crippen molar-refractivity contribution in [3.63, 3.8) is 0 Å². The van der Waals surface area contributed by atoms with E-state index < -0.39 is 21.0 Å². The summed E-state index contributed by atoms with van der Waals surface area (Å²) in [6, 6.07) is 13.7. The third-order valence-electron chi connectivity index (χ3n) is 14.0. The molecule has 0 saturated carbocycles. The van der Waals surface area contributed by atoms with Gasteiger partial charge in [-0.05, 0) is 99.3 Å². The van der Waals surface area contributed by atoms with Gasteiger partial charge in [-0.25, -0.2) is 8.42 Å². The van der Waals surface area contributed by atoms with Crippen LogP contribution in [0.25, 0.3) is 10.9 Å². The second kappa shape index (κ2) is 25.2. The number of fused-ring (bicyclic) bond motifs is 1. The highest BCUT2D eigenvalue weighted by Crippen LogP contribution is 2.39. The van der Waals surface area contributed by atoms with Crippen LogP contribution in [0.2, 0.25) is 0 Å². The lowest BCUT2D eigenvalue weighted by Gasteiger charge is -2.46. The van der Waals surface area contributed by atoms with Gasteiger partial charge in [0, 0.05) is 69.0 Å². The van der Waals surface area contributed by atoms with Crippen LogP contribution >= 0.6 is 0 Å². The maximum atomic E-state index is 14.5. The van der Waals surface area contributed by atoms with Gasteiger partial charge in [0.2, 0.25) is 9.84 Å². The number of aromatic nitrogens is 1. The highest BCUT2D eigenvalue weighted by Gasteiger charge is 2.34. The Hall–Kier alpha value is -2.41. The van der Waals surface area contributed by atoms with Gasteiger partial charge in [0.1, 0.15) is 16.9 Å². The van der Waals surface area contributed by atoms with Crippen LogP contribution in [0.3, 0.4) is 0 Å². The van der Waals surface area contributed by atoms with E-state index in [-0.39, 0.29) is 9.79 Å². The number of unbranched alkanes of at least 4 members (excludes halogenated alkanes) is 15. The second-order valence-corrected chi connectivity index (χ2v) is 21.5. The molecule has 0 amide bonds. The number of rotatable bonds is 25. The fourth-order valence-electron chi connectivity index (χ4n) is 10.0. The van der Waals surface area contributed by atoms with Crippen molar-refractivity contribution in [1.29, 1.82) is 0 Å². The number of pyridine rings is 1. The van der Waals surface area contributed by atoms with Gasteiger partial charge in [0.25, 0.3) is 0 Å². The number of ether oxygens (including phenoxy) is 1. The van der Waals surface area contributed by atoms with Gasteiger partial charge in [-0.1, -0.05) is 110 Å². The zero-order valence-electron chi connectivity index (χ0n) is 38.2. The Bertz CT molecular complexity index is 1820. The first-order chi connectivity index (χ1) is 29.8. The molecular formula is C50H79N5O4S2. The number of nitrogens with zero attached hydrogens (tertiary/aromatic N) is 5. The third-order valence-corrected chi connectivity index (χ3v) is 16.7. The Morgan fingerprint density at radius 2 is 1.20 bits per heavy atom. The molecule has 3 aliphatic rings. The van der Waals surface area contributed by atoms with E-state index >= 15 is 0 Å². The molecular weight excluding hydrogens is 799 g/mol. The maximum Gasteiger partial charge on any atom is 0.210 e. The standard InChI is InChI=1S/C50H79N5O4S2/c1-4-6-7-8-9-10-11-12-13-14-15-16-17-18-19-20-39-59-44-21-24-46(25-22-44)61(57,58)49-41-51-48-26-23-45(60(3)56)40-47(48)50(49)55-33-29-42(30-34-55)53-31-27-43(28-32-53)54-37-35-52(5-2)36-38-54/h21-26,40-43H,4-20,27-39H2,1-3H3/t60-/m1/s1. The van der Waals surface area contributed by atoms with Gasteiger partial charge in [0.15, 0.2) is 4.90 Å². The van der Waals surface area contributed by atoms with Gasteiger partial charge < -0.3 is 24.0 Å². The molecule has 0 N–H and O–H groups in total. The molecule has 1 aromatic heterocycles. The molecule has 2 aromatic carbocycles. The number of piperidine rings is 2. The van der Waals surface area contributed by atoms with Crippen molar-refractivity contribution < 1.29 is 17.7 Å². The van der Waals surface area contributed by atoms with E-state index in [1.54, 1.807) is 30.5 Å². The van der Waals surface area contributed by atoms with Crippen LogP contribution in [0.1, 0.15) is 142 Å². The van der Waals surface area contributed by atoms with E-state index in [1.165, 1.54) is 135 Å².